The summed E-state index contributed by atoms with van der Waals surface area (Å²) in [6, 6.07) is 2.95. The number of hydrogen-bond acceptors (Lipinski definition) is 7. The number of likely N-dealkylation sites (N-methyl/N-ethyl adjacent to an activating group) is 1. The zero-order valence-electron chi connectivity index (χ0n) is 21.5. The van der Waals surface area contributed by atoms with Gasteiger partial charge < -0.3 is 34.9 Å². The van der Waals surface area contributed by atoms with Crippen LogP contribution < -0.4 is 15.8 Å². The van der Waals surface area contributed by atoms with E-state index in [0.717, 1.165) is 6.42 Å². The first-order valence-corrected chi connectivity index (χ1v) is 11.8. The molecule has 0 atom stereocenters. The second kappa shape index (κ2) is 13.6. The predicted molar refractivity (Wildman–Crippen MR) is 134 cm³/mol. The van der Waals surface area contributed by atoms with E-state index in [1.165, 1.54) is 24.1 Å². The highest BCUT2D eigenvalue weighted by molar-refractivity contribution is 6.33. The maximum absolute atomic E-state index is 12.5. The van der Waals surface area contributed by atoms with Crippen molar-refractivity contribution < 1.29 is 28.5 Å². The Hall–Kier alpha value is -2.23. The van der Waals surface area contributed by atoms with Crippen molar-refractivity contribution in [2.75, 3.05) is 52.8 Å². The fourth-order valence-electron chi connectivity index (χ4n) is 2.92. The Morgan fingerprint density at radius 2 is 1.74 bits per heavy atom. The lowest BCUT2D eigenvalue weighted by atomic mass is 10.0. The molecule has 0 fully saturated rings. The van der Waals surface area contributed by atoms with Gasteiger partial charge in [0.1, 0.15) is 5.75 Å². The summed E-state index contributed by atoms with van der Waals surface area (Å²) in [6.07, 6.45) is 0.871. The van der Waals surface area contributed by atoms with Crippen LogP contribution in [-0.2, 0) is 14.2 Å². The van der Waals surface area contributed by atoms with Gasteiger partial charge in [0, 0.05) is 39.2 Å². The van der Waals surface area contributed by atoms with Gasteiger partial charge in [-0.1, -0.05) is 11.6 Å². The summed E-state index contributed by atoms with van der Waals surface area (Å²) in [5, 5.41) is 3.03. The zero-order valence-corrected chi connectivity index (χ0v) is 22.2. The van der Waals surface area contributed by atoms with Gasteiger partial charge in [0.25, 0.3) is 5.91 Å². The van der Waals surface area contributed by atoms with Crippen LogP contribution in [0.25, 0.3) is 0 Å². The maximum Gasteiger partial charge on any atom is 0.409 e. The van der Waals surface area contributed by atoms with Gasteiger partial charge in [-0.05, 0) is 47.1 Å². The smallest absolute Gasteiger partial charge is 0.409 e. The minimum Gasteiger partial charge on any atom is -0.496 e. The van der Waals surface area contributed by atoms with Gasteiger partial charge in [0.15, 0.2) is 0 Å². The van der Waals surface area contributed by atoms with E-state index in [1.807, 2.05) is 34.6 Å². The van der Waals surface area contributed by atoms with E-state index in [1.54, 1.807) is 7.11 Å². The second-order valence-corrected chi connectivity index (χ2v) is 9.50. The van der Waals surface area contributed by atoms with Gasteiger partial charge in [-0.15, -0.1) is 0 Å². The van der Waals surface area contributed by atoms with Crippen molar-refractivity contribution >= 4 is 29.3 Å². The van der Waals surface area contributed by atoms with Crippen LogP contribution in [0.5, 0.6) is 5.75 Å². The van der Waals surface area contributed by atoms with Crippen LogP contribution in [0.1, 0.15) is 57.8 Å². The summed E-state index contributed by atoms with van der Waals surface area (Å²) in [5.74, 6) is -0.0551. The number of halogens is 1. The van der Waals surface area contributed by atoms with Crippen LogP contribution in [0, 0.1) is 0 Å². The molecule has 9 nitrogen and oxygen atoms in total. The number of carbonyl (C=O) groups excluding carboxylic acids is 2. The van der Waals surface area contributed by atoms with Crippen LogP contribution in [0.2, 0.25) is 5.02 Å². The summed E-state index contributed by atoms with van der Waals surface area (Å²) in [4.78, 5) is 26.5. The van der Waals surface area contributed by atoms with Gasteiger partial charge in [-0.25, -0.2) is 4.79 Å². The molecule has 0 aliphatic carbocycles. The van der Waals surface area contributed by atoms with Crippen LogP contribution in [0.4, 0.5) is 10.5 Å². The molecule has 1 aromatic carbocycles. The molecular weight excluding hydrogens is 462 g/mol. The number of benzene rings is 1. The van der Waals surface area contributed by atoms with E-state index in [0.29, 0.717) is 31.0 Å². The molecule has 34 heavy (non-hydrogen) atoms. The Labute approximate surface area is 208 Å². The molecule has 0 aliphatic rings. The summed E-state index contributed by atoms with van der Waals surface area (Å²) < 4.78 is 22.0. The van der Waals surface area contributed by atoms with Crippen LogP contribution in [0.15, 0.2) is 12.1 Å². The lowest BCUT2D eigenvalue weighted by Crippen LogP contribution is -2.39. The molecule has 194 valence electrons. The molecule has 0 aliphatic heterocycles. The fourth-order valence-corrected chi connectivity index (χ4v) is 3.08. The molecule has 0 heterocycles. The monoisotopic (exact) mass is 501 g/mol. The minimum absolute atomic E-state index is 0.226. The highest BCUT2D eigenvalue weighted by atomic mass is 35.5. The SMILES string of the molecule is CCN(CCNC(=O)c1cc(Cl)c(N)cc1OC)C(=O)OCCC(C)(C)OCCC(C)(C)OC. The Morgan fingerprint density at radius 1 is 1.09 bits per heavy atom. The maximum atomic E-state index is 12.5. The van der Waals surface area contributed by atoms with Gasteiger partial charge in [0.2, 0.25) is 0 Å². The molecule has 0 saturated carbocycles. The fraction of sp³-hybridized carbons (Fsp3) is 0.667. The van der Waals surface area contributed by atoms with Gasteiger partial charge in [-0.2, -0.15) is 0 Å². The molecule has 0 spiro atoms. The first-order valence-electron chi connectivity index (χ1n) is 11.4. The van der Waals surface area contributed by atoms with Gasteiger partial charge >= 0.3 is 6.09 Å². The molecule has 0 unspecified atom stereocenters. The Morgan fingerprint density at radius 3 is 2.32 bits per heavy atom. The quantitative estimate of drug-likeness (QED) is 0.369. The van der Waals surface area contributed by atoms with Crippen molar-refractivity contribution in [1.82, 2.24) is 10.2 Å². The summed E-state index contributed by atoms with van der Waals surface area (Å²) in [6.45, 7) is 11.5. The third-order valence-electron chi connectivity index (χ3n) is 5.55. The van der Waals surface area contributed by atoms with Crippen LogP contribution in [-0.4, -0.2) is 75.2 Å². The molecular formula is C24H40ClN3O6. The predicted octanol–water partition coefficient (Wildman–Crippen LogP) is 4.12. The van der Waals surface area contributed by atoms with Crippen molar-refractivity contribution in [3.05, 3.63) is 22.7 Å². The average molecular weight is 502 g/mol. The third kappa shape index (κ3) is 9.95. The van der Waals surface area contributed by atoms with E-state index >= 15 is 0 Å². The van der Waals surface area contributed by atoms with Crippen molar-refractivity contribution in [2.24, 2.45) is 0 Å². The number of nitrogens with two attached hydrogens (primary N) is 1. The highest BCUT2D eigenvalue weighted by Gasteiger charge is 2.23. The van der Waals surface area contributed by atoms with Crippen molar-refractivity contribution in [3.63, 3.8) is 0 Å². The first kappa shape index (κ1) is 29.8. The number of methoxy groups -OCH3 is 2. The summed E-state index contributed by atoms with van der Waals surface area (Å²) in [7, 11) is 3.13. The number of rotatable bonds is 14. The zero-order chi connectivity index (χ0) is 25.9. The van der Waals surface area contributed by atoms with Gasteiger partial charge in [0.05, 0.1) is 47.8 Å². The molecule has 0 bridgehead atoms. The minimum atomic E-state index is -0.443. The van der Waals surface area contributed by atoms with E-state index < -0.39 is 11.7 Å². The lowest BCUT2D eigenvalue weighted by Gasteiger charge is -2.29. The molecule has 1 aromatic rings. The molecule has 0 saturated heterocycles. The number of carbonyl (C=O) groups is 2. The average Bonchev–Trinajstić information content (AvgIpc) is 2.77. The van der Waals surface area contributed by atoms with Crippen LogP contribution in [0.3, 0.4) is 0 Å². The number of hydrogen-bond donors (Lipinski definition) is 2. The number of amides is 2. The Balaban J connectivity index is 2.47. The summed E-state index contributed by atoms with van der Waals surface area (Å²) in [5.41, 5.74) is 5.66. The summed E-state index contributed by atoms with van der Waals surface area (Å²) >= 11 is 6.03. The second-order valence-electron chi connectivity index (χ2n) is 9.10. The highest BCUT2D eigenvalue weighted by Crippen LogP contribution is 2.28. The Kier molecular flexibility index (Phi) is 11.9. The van der Waals surface area contributed by atoms with E-state index in [-0.39, 0.29) is 41.8 Å². The van der Waals surface area contributed by atoms with E-state index in [2.05, 4.69) is 5.32 Å². The number of anilines is 1. The third-order valence-corrected chi connectivity index (χ3v) is 5.88. The topological polar surface area (TPSA) is 112 Å². The molecule has 0 radical (unpaired) electrons. The van der Waals surface area contributed by atoms with E-state index in [4.69, 9.17) is 36.3 Å². The number of ether oxygens (including phenoxy) is 4. The lowest BCUT2D eigenvalue weighted by molar-refractivity contribution is -0.0669. The van der Waals surface area contributed by atoms with Crippen LogP contribution >= 0.6 is 11.6 Å². The Bertz CT molecular complexity index is 816. The molecule has 3 N–H and O–H groups in total. The number of nitrogen functional groups attached to an aromatic ring is 1. The number of nitrogens with zero attached hydrogens (tertiary/aromatic N) is 1. The largest absolute Gasteiger partial charge is 0.496 e. The van der Waals surface area contributed by atoms with Crippen molar-refractivity contribution in [1.29, 1.82) is 0 Å². The number of nitrogens with one attached hydrogen (secondary N) is 1. The normalized spacial score (nSPS) is 11.8. The standard InChI is InChI=1S/C24H40ClN3O6/c1-8-28(12-11-27-21(29)17-15-18(25)19(26)16-20(17)31-6)22(30)33-13-9-24(4,5)34-14-10-23(2,3)32-7/h15-16H,8-14,26H2,1-7H3,(H,27,29). The first-order chi connectivity index (χ1) is 15.9. The molecule has 0 aromatic heterocycles. The molecule has 10 heteroatoms. The van der Waals surface area contributed by atoms with Gasteiger partial charge in [-0.3, -0.25) is 4.79 Å². The van der Waals surface area contributed by atoms with E-state index in [9.17, 15) is 9.59 Å². The van der Waals surface area contributed by atoms with Crippen molar-refractivity contribution in [3.8, 4) is 5.75 Å². The molecule has 2 amide bonds. The van der Waals surface area contributed by atoms with Crippen molar-refractivity contribution in [2.45, 2.75) is 58.7 Å². The molecule has 1 rings (SSSR count).